The first-order valence-electron chi connectivity index (χ1n) is 9.65. The van der Waals surface area contributed by atoms with Crippen LogP contribution < -0.4 is 0 Å². The lowest BCUT2D eigenvalue weighted by Gasteiger charge is -2.35. The molecule has 26 heavy (non-hydrogen) atoms. The standard InChI is InChI=1S/C21H28N2O3/c1-3-23(17-9-5-4-6-10-17)21(25)15(2)26-20(24)13-16-14-22-19-12-8-7-11-18(16)19/h7-8,11-12,14-15,17,22H,3-6,9-10,13H2,1-2H3/t15-/m1/s1. The highest BCUT2D eigenvalue weighted by Crippen LogP contribution is 2.23. The van der Waals surface area contributed by atoms with Crippen molar-refractivity contribution in [2.24, 2.45) is 0 Å². The van der Waals surface area contributed by atoms with Crippen LogP contribution in [0.1, 0.15) is 51.5 Å². The summed E-state index contributed by atoms with van der Waals surface area (Å²) >= 11 is 0. The van der Waals surface area contributed by atoms with Gasteiger partial charge in [-0.1, -0.05) is 37.5 Å². The van der Waals surface area contributed by atoms with Crippen LogP contribution in [0.5, 0.6) is 0 Å². The third kappa shape index (κ3) is 4.09. The fourth-order valence-corrected chi connectivity index (χ4v) is 3.94. The Kier molecular flexibility index (Phi) is 5.96. The Morgan fingerprint density at radius 1 is 1.23 bits per heavy atom. The molecule has 5 heteroatoms. The van der Waals surface area contributed by atoms with Crippen LogP contribution in [-0.2, 0) is 20.7 Å². The minimum Gasteiger partial charge on any atom is -0.452 e. The van der Waals surface area contributed by atoms with E-state index in [1.54, 1.807) is 6.92 Å². The number of aromatic amines is 1. The number of H-pyrrole nitrogens is 1. The molecule has 0 radical (unpaired) electrons. The first-order chi connectivity index (χ1) is 12.6. The van der Waals surface area contributed by atoms with Crippen molar-refractivity contribution in [2.45, 2.75) is 64.5 Å². The normalized spacial score (nSPS) is 16.4. The molecule has 1 N–H and O–H groups in total. The van der Waals surface area contributed by atoms with Crippen molar-refractivity contribution in [1.82, 2.24) is 9.88 Å². The number of esters is 1. The molecule has 1 heterocycles. The van der Waals surface area contributed by atoms with E-state index in [-0.39, 0.29) is 24.3 Å². The lowest BCUT2D eigenvalue weighted by atomic mass is 9.94. The zero-order valence-electron chi connectivity index (χ0n) is 15.7. The van der Waals surface area contributed by atoms with Gasteiger partial charge < -0.3 is 14.6 Å². The number of aromatic nitrogens is 1. The second kappa shape index (κ2) is 8.39. The number of hydrogen-bond acceptors (Lipinski definition) is 3. The number of nitrogens with zero attached hydrogens (tertiary/aromatic N) is 1. The molecule has 1 amide bonds. The third-order valence-electron chi connectivity index (χ3n) is 5.30. The van der Waals surface area contributed by atoms with Gasteiger partial charge in [-0.15, -0.1) is 0 Å². The highest BCUT2D eigenvalue weighted by atomic mass is 16.5. The zero-order valence-corrected chi connectivity index (χ0v) is 15.7. The smallest absolute Gasteiger partial charge is 0.311 e. The predicted molar refractivity (Wildman–Crippen MR) is 102 cm³/mol. The second-order valence-corrected chi connectivity index (χ2v) is 7.08. The lowest BCUT2D eigenvalue weighted by molar-refractivity contribution is -0.160. The molecule has 1 aliphatic carbocycles. The maximum atomic E-state index is 12.8. The largest absolute Gasteiger partial charge is 0.452 e. The van der Waals surface area contributed by atoms with Gasteiger partial charge in [0.1, 0.15) is 0 Å². The Hall–Kier alpha value is -2.30. The van der Waals surface area contributed by atoms with E-state index in [2.05, 4.69) is 4.98 Å². The van der Waals surface area contributed by atoms with Crippen LogP contribution in [0.4, 0.5) is 0 Å². The Morgan fingerprint density at radius 3 is 2.69 bits per heavy atom. The molecule has 0 aliphatic heterocycles. The predicted octanol–water partition coefficient (Wildman–Crippen LogP) is 3.82. The van der Waals surface area contributed by atoms with Crippen LogP contribution in [0.2, 0.25) is 0 Å². The number of benzene rings is 1. The molecule has 1 aromatic carbocycles. The van der Waals surface area contributed by atoms with Crippen molar-refractivity contribution in [3.05, 3.63) is 36.0 Å². The summed E-state index contributed by atoms with van der Waals surface area (Å²) in [7, 11) is 0. The molecule has 0 saturated heterocycles. The van der Waals surface area contributed by atoms with Gasteiger partial charge in [0.2, 0.25) is 0 Å². The van der Waals surface area contributed by atoms with E-state index in [9.17, 15) is 9.59 Å². The Bertz CT molecular complexity index is 761. The SMILES string of the molecule is CCN(C(=O)[C@@H](C)OC(=O)Cc1c[nH]c2ccccc12)C1CCCCC1. The van der Waals surface area contributed by atoms with Gasteiger partial charge in [-0.3, -0.25) is 9.59 Å². The van der Waals surface area contributed by atoms with Crippen LogP contribution >= 0.6 is 0 Å². The topological polar surface area (TPSA) is 62.4 Å². The number of carbonyl (C=O) groups excluding carboxylic acids is 2. The molecule has 1 fully saturated rings. The quantitative estimate of drug-likeness (QED) is 0.800. The molecule has 1 atom stereocenters. The Morgan fingerprint density at radius 2 is 1.96 bits per heavy atom. The fraction of sp³-hybridized carbons (Fsp3) is 0.524. The van der Waals surface area contributed by atoms with Crippen molar-refractivity contribution in [2.75, 3.05) is 6.54 Å². The van der Waals surface area contributed by atoms with Crippen LogP contribution in [-0.4, -0.2) is 40.5 Å². The maximum absolute atomic E-state index is 12.8. The molecular weight excluding hydrogens is 328 g/mol. The summed E-state index contributed by atoms with van der Waals surface area (Å²) in [6.07, 6.45) is 6.94. The first kappa shape index (κ1) is 18.5. The molecule has 5 nitrogen and oxygen atoms in total. The minimum absolute atomic E-state index is 0.0772. The first-order valence-corrected chi connectivity index (χ1v) is 9.65. The molecule has 0 bridgehead atoms. The van der Waals surface area contributed by atoms with Crippen molar-refractivity contribution >= 4 is 22.8 Å². The van der Waals surface area contributed by atoms with Gasteiger partial charge >= 0.3 is 5.97 Å². The van der Waals surface area contributed by atoms with Crippen LogP contribution in [0.15, 0.2) is 30.5 Å². The summed E-state index contributed by atoms with van der Waals surface area (Å²) in [4.78, 5) is 30.2. The second-order valence-electron chi connectivity index (χ2n) is 7.08. The molecule has 140 valence electrons. The number of nitrogens with one attached hydrogen (secondary N) is 1. The summed E-state index contributed by atoms with van der Waals surface area (Å²) in [5.41, 5.74) is 1.89. The van der Waals surface area contributed by atoms with E-state index in [1.165, 1.54) is 19.3 Å². The molecule has 1 aromatic heterocycles. The highest BCUT2D eigenvalue weighted by Gasteiger charge is 2.29. The monoisotopic (exact) mass is 356 g/mol. The van der Waals surface area contributed by atoms with E-state index < -0.39 is 6.10 Å². The van der Waals surface area contributed by atoms with Gasteiger partial charge in [-0.25, -0.2) is 0 Å². The molecule has 1 aliphatic rings. The molecule has 3 rings (SSSR count). The number of likely N-dealkylation sites (N-methyl/N-ethyl adjacent to an activating group) is 1. The molecular formula is C21H28N2O3. The summed E-state index contributed by atoms with van der Waals surface area (Å²) in [5.74, 6) is -0.443. The van der Waals surface area contributed by atoms with Gasteiger partial charge in [-0.05, 0) is 38.3 Å². The van der Waals surface area contributed by atoms with Crippen molar-refractivity contribution in [3.63, 3.8) is 0 Å². The van der Waals surface area contributed by atoms with E-state index in [0.29, 0.717) is 6.54 Å². The number of ether oxygens (including phenoxy) is 1. The van der Waals surface area contributed by atoms with Crippen molar-refractivity contribution in [3.8, 4) is 0 Å². The number of hydrogen-bond donors (Lipinski definition) is 1. The van der Waals surface area contributed by atoms with E-state index in [0.717, 1.165) is 29.3 Å². The van der Waals surface area contributed by atoms with Gasteiger partial charge in [0.05, 0.1) is 6.42 Å². The number of rotatable bonds is 6. The average Bonchev–Trinajstić information content (AvgIpc) is 3.06. The third-order valence-corrected chi connectivity index (χ3v) is 5.30. The van der Waals surface area contributed by atoms with Crippen LogP contribution in [0.3, 0.4) is 0 Å². The number of amides is 1. The number of carbonyl (C=O) groups is 2. The summed E-state index contributed by atoms with van der Waals surface area (Å²) in [6, 6.07) is 8.13. The fourth-order valence-electron chi connectivity index (χ4n) is 3.94. The molecule has 1 saturated carbocycles. The van der Waals surface area contributed by atoms with E-state index in [4.69, 9.17) is 4.74 Å². The summed E-state index contributed by atoms with van der Waals surface area (Å²) in [6.45, 7) is 4.34. The molecule has 0 unspecified atom stereocenters. The van der Waals surface area contributed by atoms with Crippen LogP contribution in [0, 0.1) is 0 Å². The Labute approximate surface area is 154 Å². The van der Waals surface area contributed by atoms with E-state index >= 15 is 0 Å². The van der Waals surface area contributed by atoms with Gasteiger partial charge in [-0.2, -0.15) is 0 Å². The van der Waals surface area contributed by atoms with Crippen LogP contribution in [0.25, 0.3) is 10.9 Å². The molecule has 2 aromatic rings. The zero-order chi connectivity index (χ0) is 18.5. The van der Waals surface area contributed by atoms with Crippen molar-refractivity contribution in [1.29, 1.82) is 0 Å². The van der Waals surface area contributed by atoms with Gasteiger partial charge in [0.25, 0.3) is 5.91 Å². The highest BCUT2D eigenvalue weighted by molar-refractivity contribution is 5.88. The average molecular weight is 356 g/mol. The number of para-hydroxylation sites is 1. The number of fused-ring (bicyclic) bond motifs is 1. The molecule has 0 spiro atoms. The lowest BCUT2D eigenvalue weighted by Crippen LogP contribution is -2.46. The van der Waals surface area contributed by atoms with Gasteiger partial charge in [0, 0.05) is 29.7 Å². The van der Waals surface area contributed by atoms with Gasteiger partial charge in [0.15, 0.2) is 6.10 Å². The Balaban J connectivity index is 1.60. The van der Waals surface area contributed by atoms with Crippen molar-refractivity contribution < 1.29 is 14.3 Å². The maximum Gasteiger partial charge on any atom is 0.311 e. The summed E-state index contributed by atoms with van der Waals surface area (Å²) in [5, 5.41) is 1.01. The van der Waals surface area contributed by atoms with E-state index in [1.807, 2.05) is 42.3 Å². The summed E-state index contributed by atoms with van der Waals surface area (Å²) < 4.78 is 5.46. The minimum atomic E-state index is -0.741.